The predicted octanol–water partition coefficient (Wildman–Crippen LogP) is 0.736. The first-order chi connectivity index (χ1) is 9.52. The summed E-state index contributed by atoms with van der Waals surface area (Å²) in [6.45, 7) is -0.412. The fourth-order valence-electron chi connectivity index (χ4n) is 1.79. The van der Waals surface area contributed by atoms with Crippen LogP contribution in [0.5, 0.6) is 5.75 Å². The van der Waals surface area contributed by atoms with Gasteiger partial charge in [-0.15, -0.1) is 0 Å². The lowest BCUT2D eigenvalue weighted by Crippen LogP contribution is -2.28. The number of ether oxygens (including phenoxy) is 1. The first-order valence-electron chi connectivity index (χ1n) is 5.77. The molecule has 0 aliphatic rings. The third kappa shape index (κ3) is 2.35. The Hall–Kier alpha value is -2.06. The lowest BCUT2D eigenvalue weighted by atomic mass is 10.3. The molecule has 0 aliphatic carbocycles. The second kappa shape index (κ2) is 5.51. The Kier molecular flexibility index (Phi) is 3.96. The van der Waals surface area contributed by atoms with Gasteiger partial charge in [-0.2, -0.15) is 13.5 Å². The fraction of sp³-hybridized carbons (Fsp3) is 0.250. The van der Waals surface area contributed by atoms with Gasteiger partial charge >= 0.3 is 0 Å². The summed E-state index contributed by atoms with van der Waals surface area (Å²) < 4.78 is 31.3. The number of aromatic amines is 1. The minimum Gasteiger partial charge on any atom is -0.495 e. The molecule has 2 aromatic rings. The van der Waals surface area contributed by atoms with Crippen molar-refractivity contribution in [1.82, 2.24) is 10.2 Å². The molecule has 0 spiro atoms. The molecule has 0 amide bonds. The summed E-state index contributed by atoms with van der Waals surface area (Å²) in [4.78, 5) is 0. The van der Waals surface area contributed by atoms with Crippen molar-refractivity contribution >= 4 is 15.7 Å². The van der Waals surface area contributed by atoms with Gasteiger partial charge in [-0.3, -0.25) is 9.40 Å². The van der Waals surface area contributed by atoms with Gasteiger partial charge in [-0.1, -0.05) is 12.1 Å². The second-order valence-corrected chi connectivity index (χ2v) is 5.93. The minimum atomic E-state index is -3.85. The summed E-state index contributed by atoms with van der Waals surface area (Å²) in [5, 5.41) is 15.1. The molecule has 0 atom stereocenters. The van der Waals surface area contributed by atoms with Gasteiger partial charge in [-0.25, -0.2) is 0 Å². The molecule has 0 saturated heterocycles. The molecule has 0 radical (unpaired) electrons. The molecule has 0 bridgehead atoms. The summed E-state index contributed by atoms with van der Waals surface area (Å²) in [6, 6.07) is 6.76. The van der Waals surface area contributed by atoms with E-state index in [2.05, 4.69) is 10.2 Å². The molecule has 0 fully saturated rings. The fourth-order valence-corrected chi connectivity index (χ4v) is 3.09. The number of hydrogen-bond donors (Lipinski definition) is 2. The van der Waals surface area contributed by atoms with Crippen LogP contribution in [0.1, 0.15) is 5.56 Å². The third-order valence-corrected chi connectivity index (χ3v) is 4.68. The number of anilines is 1. The van der Waals surface area contributed by atoms with Gasteiger partial charge < -0.3 is 9.84 Å². The number of aromatic nitrogens is 2. The molecule has 0 saturated carbocycles. The Morgan fingerprint density at radius 3 is 2.75 bits per heavy atom. The molecule has 108 valence electrons. The van der Waals surface area contributed by atoms with Crippen LogP contribution < -0.4 is 9.04 Å². The monoisotopic (exact) mass is 297 g/mol. The van der Waals surface area contributed by atoms with E-state index in [1.165, 1.54) is 20.4 Å². The largest absolute Gasteiger partial charge is 0.495 e. The highest BCUT2D eigenvalue weighted by molar-refractivity contribution is 7.92. The standard InChI is InChI=1S/C12H15N3O4S/c1-15(10-5-3-4-6-11(10)19-2)20(17,18)12-9(8-16)7-13-14-12/h3-7,16H,8H2,1-2H3,(H,13,14). The normalized spacial score (nSPS) is 11.3. The first kappa shape index (κ1) is 14.4. The molecule has 8 heteroatoms. The Labute approximate surface area is 116 Å². The van der Waals surface area contributed by atoms with Crippen molar-refractivity contribution in [1.29, 1.82) is 0 Å². The molecule has 2 rings (SSSR count). The molecular weight excluding hydrogens is 282 g/mol. The highest BCUT2D eigenvalue weighted by atomic mass is 32.2. The zero-order valence-electron chi connectivity index (χ0n) is 11.1. The zero-order chi connectivity index (χ0) is 14.8. The average Bonchev–Trinajstić information content (AvgIpc) is 2.95. The van der Waals surface area contributed by atoms with Gasteiger partial charge in [0.25, 0.3) is 10.0 Å². The van der Waals surface area contributed by atoms with Crippen LogP contribution in [0.25, 0.3) is 0 Å². The van der Waals surface area contributed by atoms with E-state index in [-0.39, 0.29) is 10.6 Å². The molecule has 1 aromatic heterocycles. The number of sulfonamides is 1. The van der Waals surface area contributed by atoms with E-state index in [0.29, 0.717) is 11.4 Å². The van der Waals surface area contributed by atoms with E-state index in [1.807, 2.05) is 0 Å². The van der Waals surface area contributed by atoms with E-state index < -0.39 is 16.6 Å². The summed E-state index contributed by atoms with van der Waals surface area (Å²) in [5.41, 5.74) is 0.611. The van der Waals surface area contributed by atoms with Gasteiger partial charge in [0.1, 0.15) is 5.75 Å². The van der Waals surface area contributed by atoms with Gasteiger partial charge in [-0.05, 0) is 12.1 Å². The van der Waals surface area contributed by atoms with Crippen molar-refractivity contribution in [2.45, 2.75) is 11.6 Å². The predicted molar refractivity (Wildman–Crippen MR) is 73.1 cm³/mol. The quantitative estimate of drug-likeness (QED) is 0.848. The number of nitrogens with one attached hydrogen (secondary N) is 1. The number of H-pyrrole nitrogens is 1. The van der Waals surface area contributed by atoms with Gasteiger partial charge in [0.05, 0.1) is 25.6 Å². The van der Waals surface area contributed by atoms with E-state index in [1.54, 1.807) is 24.3 Å². The van der Waals surface area contributed by atoms with Crippen molar-refractivity contribution in [3.05, 3.63) is 36.0 Å². The first-order valence-corrected chi connectivity index (χ1v) is 7.21. The van der Waals surface area contributed by atoms with Crippen LogP contribution >= 0.6 is 0 Å². The maximum atomic E-state index is 12.5. The average molecular weight is 297 g/mol. The van der Waals surface area contributed by atoms with Gasteiger partial charge in [0, 0.05) is 12.6 Å². The maximum Gasteiger partial charge on any atom is 0.281 e. The highest BCUT2D eigenvalue weighted by Gasteiger charge is 2.27. The summed E-state index contributed by atoms with van der Waals surface area (Å²) in [6.07, 6.45) is 1.28. The van der Waals surface area contributed by atoms with Crippen LogP contribution in [0.2, 0.25) is 0 Å². The summed E-state index contributed by atoms with van der Waals surface area (Å²) in [5.74, 6) is 0.434. The molecule has 7 nitrogen and oxygen atoms in total. The van der Waals surface area contributed by atoms with Crippen LogP contribution in [-0.4, -0.2) is 37.9 Å². The number of para-hydroxylation sites is 2. The minimum absolute atomic E-state index is 0.131. The van der Waals surface area contributed by atoms with Crippen molar-refractivity contribution in [2.24, 2.45) is 0 Å². The molecule has 0 unspecified atom stereocenters. The number of rotatable bonds is 5. The highest BCUT2D eigenvalue weighted by Crippen LogP contribution is 2.30. The molecule has 2 N–H and O–H groups in total. The van der Waals surface area contributed by atoms with Gasteiger partial charge in [0.2, 0.25) is 0 Å². The van der Waals surface area contributed by atoms with Crippen LogP contribution in [-0.2, 0) is 16.6 Å². The molecule has 20 heavy (non-hydrogen) atoms. The third-order valence-electron chi connectivity index (χ3n) is 2.89. The lowest BCUT2D eigenvalue weighted by Gasteiger charge is -2.21. The van der Waals surface area contributed by atoms with E-state index in [4.69, 9.17) is 9.84 Å². The number of aliphatic hydroxyl groups excluding tert-OH is 1. The van der Waals surface area contributed by atoms with Crippen LogP contribution in [0.4, 0.5) is 5.69 Å². The number of hydrogen-bond acceptors (Lipinski definition) is 5. The molecule has 1 aromatic carbocycles. The SMILES string of the molecule is COc1ccccc1N(C)S(=O)(=O)c1[nH]ncc1CO. The van der Waals surface area contributed by atoms with Crippen LogP contribution in [0, 0.1) is 0 Å². The Morgan fingerprint density at radius 1 is 1.40 bits per heavy atom. The van der Waals surface area contributed by atoms with E-state index in [0.717, 1.165) is 4.31 Å². The lowest BCUT2D eigenvalue weighted by molar-refractivity contribution is 0.278. The Balaban J connectivity index is 2.49. The van der Waals surface area contributed by atoms with E-state index >= 15 is 0 Å². The van der Waals surface area contributed by atoms with Crippen molar-refractivity contribution in [2.75, 3.05) is 18.5 Å². The maximum absolute atomic E-state index is 12.5. The van der Waals surface area contributed by atoms with Crippen molar-refractivity contribution < 1.29 is 18.3 Å². The topological polar surface area (TPSA) is 95.5 Å². The Bertz CT molecular complexity index is 696. The smallest absolute Gasteiger partial charge is 0.281 e. The number of benzene rings is 1. The summed E-state index contributed by atoms with van der Waals surface area (Å²) >= 11 is 0. The molecular formula is C12H15N3O4S. The molecule has 0 aliphatic heterocycles. The number of methoxy groups -OCH3 is 1. The number of aliphatic hydroxyl groups is 1. The summed E-state index contributed by atoms with van der Waals surface area (Å²) in [7, 11) is -0.970. The van der Waals surface area contributed by atoms with Crippen molar-refractivity contribution in [3.8, 4) is 5.75 Å². The van der Waals surface area contributed by atoms with Crippen molar-refractivity contribution in [3.63, 3.8) is 0 Å². The van der Waals surface area contributed by atoms with Crippen LogP contribution in [0.3, 0.4) is 0 Å². The van der Waals surface area contributed by atoms with Gasteiger partial charge in [0.15, 0.2) is 5.03 Å². The number of nitrogens with zero attached hydrogens (tertiary/aromatic N) is 2. The van der Waals surface area contributed by atoms with E-state index in [9.17, 15) is 8.42 Å². The second-order valence-electron chi connectivity index (χ2n) is 4.03. The molecule has 1 heterocycles. The zero-order valence-corrected chi connectivity index (χ0v) is 11.9. The van der Waals surface area contributed by atoms with Crippen LogP contribution in [0.15, 0.2) is 35.5 Å². The Morgan fingerprint density at radius 2 is 2.10 bits per heavy atom.